The van der Waals surface area contributed by atoms with Crippen LogP contribution < -0.4 is 4.90 Å². The Morgan fingerprint density at radius 2 is 2.18 bits per heavy atom. The minimum atomic E-state index is -0.844. The monoisotopic (exact) mass is 395 g/mol. The van der Waals surface area contributed by atoms with E-state index in [0.717, 1.165) is 30.8 Å². The summed E-state index contributed by atoms with van der Waals surface area (Å²) >= 11 is 0. The first-order chi connectivity index (χ1) is 13.3. The molecule has 1 aliphatic rings. The van der Waals surface area contributed by atoms with E-state index in [4.69, 9.17) is 9.84 Å². The quantitative estimate of drug-likeness (QED) is 0.657. The van der Waals surface area contributed by atoms with E-state index in [9.17, 15) is 9.18 Å². The van der Waals surface area contributed by atoms with Crippen LogP contribution in [0.25, 0.3) is 0 Å². The van der Waals surface area contributed by atoms with Crippen LogP contribution in [-0.4, -0.2) is 80.4 Å². The smallest absolute Gasteiger partial charge is 0.317 e. The zero-order valence-corrected chi connectivity index (χ0v) is 17.5. The zero-order chi connectivity index (χ0) is 20.7. The third-order valence-electron chi connectivity index (χ3n) is 5.27. The Morgan fingerprint density at radius 3 is 2.86 bits per heavy atom. The van der Waals surface area contributed by atoms with Gasteiger partial charge in [-0.15, -0.1) is 0 Å². The van der Waals surface area contributed by atoms with Gasteiger partial charge in [-0.05, 0) is 36.7 Å². The highest BCUT2D eigenvalue weighted by atomic mass is 19.1. The molecule has 0 aliphatic carbocycles. The highest BCUT2D eigenvalue weighted by Crippen LogP contribution is 2.24. The number of nitrogens with zero attached hydrogens (tertiary/aromatic N) is 3. The normalized spacial score (nSPS) is 19.0. The van der Waals surface area contributed by atoms with Crippen molar-refractivity contribution in [2.24, 2.45) is 5.92 Å². The molecule has 1 fully saturated rings. The Labute approximate surface area is 167 Å². The molecule has 1 aliphatic heterocycles. The number of ether oxygens (including phenoxy) is 1. The van der Waals surface area contributed by atoms with Gasteiger partial charge in [-0.25, -0.2) is 4.39 Å². The predicted octanol–water partition coefficient (Wildman–Crippen LogP) is 2.53. The van der Waals surface area contributed by atoms with Crippen molar-refractivity contribution in [1.29, 1.82) is 0 Å². The number of rotatable bonds is 10. The molecule has 0 radical (unpaired) electrons. The second-order valence-electron chi connectivity index (χ2n) is 7.99. The summed E-state index contributed by atoms with van der Waals surface area (Å²) in [5, 5.41) is 8.92. The average Bonchev–Trinajstić information content (AvgIpc) is 2.61. The van der Waals surface area contributed by atoms with Crippen molar-refractivity contribution in [3.05, 3.63) is 29.6 Å². The molecule has 1 aromatic rings. The minimum absolute atomic E-state index is 0.00564. The molecule has 0 bridgehead atoms. The molecule has 2 rings (SSSR count). The van der Waals surface area contributed by atoms with Gasteiger partial charge in [-0.2, -0.15) is 0 Å². The van der Waals surface area contributed by atoms with Crippen molar-refractivity contribution in [2.45, 2.75) is 32.9 Å². The van der Waals surface area contributed by atoms with Gasteiger partial charge in [0.1, 0.15) is 5.82 Å². The number of morpholine rings is 1. The Bertz CT molecular complexity index is 643. The van der Waals surface area contributed by atoms with Crippen LogP contribution in [0.2, 0.25) is 0 Å². The van der Waals surface area contributed by atoms with Gasteiger partial charge < -0.3 is 14.7 Å². The maximum absolute atomic E-state index is 13.9. The van der Waals surface area contributed by atoms with Crippen molar-refractivity contribution in [3.63, 3.8) is 0 Å². The van der Waals surface area contributed by atoms with E-state index in [1.54, 1.807) is 18.0 Å². The van der Waals surface area contributed by atoms with E-state index < -0.39 is 5.97 Å². The van der Waals surface area contributed by atoms with Crippen LogP contribution >= 0.6 is 0 Å². The summed E-state index contributed by atoms with van der Waals surface area (Å²) in [4.78, 5) is 17.1. The summed E-state index contributed by atoms with van der Waals surface area (Å²) in [7, 11) is 3.84. The fourth-order valence-corrected chi connectivity index (χ4v) is 3.67. The molecule has 28 heavy (non-hydrogen) atoms. The number of carboxylic acid groups (broad SMARTS) is 1. The first-order valence-electron chi connectivity index (χ1n) is 10.0. The number of benzene rings is 1. The molecule has 1 heterocycles. The minimum Gasteiger partial charge on any atom is -0.480 e. The van der Waals surface area contributed by atoms with Crippen LogP contribution in [0.5, 0.6) is 0 Å². The second kappa shape index (κ2) is 10.7. The summed E-state index contributed by atoms with van der Waals surface area (Å²) in [6, 6.07) is 5.02. The number of anilines is 1. The molecule has 1 aromatic carbocycles. The van der Waals surface area contributed by atoms with Crippen molar-refractivity contribution >= 4 is 11.7 Å². The summed E-state index contributed by atoms with van der Waals surface area (Å²) in [5.74, 6) is -0.494. The van der Waals surface area contributed by atoms with E-state index in [1.165, 1.54) is 6.07 Å². The summed E-state index contributed by atoms with van der Waals surface area (Å²) in [6.07, 6.45) is 1.06. The lowest BCUT2D eigenvalue weighted by Gasteiger charge is -2.35. The number of aliphatic carboxylic acids is 1. The zero-order valence-electron chi connectivity index (χ0n) is 17.5. The Kier molecular flexibility index (Phi) is 8.66. The largest absolute Gasteiger partial charge is 0.480 e. The lowest BCUT2D eigenvalue weighted by atomic mass is 10.1. The molecular weight excluding hydrogens is 361 g/mol. The number of carbonyl (C=O) groups is 1. The average molecular weight is 396 g/mol. The number of halogens is 1. The lowest BCUT2D eigenvalue weighted by molar-refractivity contribution is -0.138. The van der Waals surface area contributed by atoms with Crippen LogP contribution in [0, 0.1) is 11.7 Å². The van der Waals surface area contributed by atoms with Gasteiger partial charge in [-0.3, -0.25) is 14.6 Å². The number of hydrogen-bond donors (Lipinski definition) is 1. The van der Waals surface area contributed by atoms with Gasteiger partial charge >= 0.3 is 5.97 Å². The lowest BCUT2D eigenvalue weighted by Crippen LogP contribution is -2.47. The van der Waals surface area contributed by atoms with Crippen molar-refractivity contribution < 1.29 is 19.0 Å². The predicted molar refractivity (Wildman–Crippen MR) is 109 cm³/mol. The van der Waals surface area contributed by atoms with Crippen molar-refractivity contribution in [1.82, 2.24) is 9.80 Å². The SMILES string of the molecule is CCC(C)CN(C)c1ccc(F)cc1CN1CCOC(CN(C)CC(=O)O)C1. The highest BCUT2D eigenvalue weighted by molar-refractivity contribution is 5.69. The highest BCUT2D eigenvalue weighted by Gasteiger charge is 2.23. The molecule has 6 nitrogen and oxygen atoms in total. The molecule has 7 heteroatoms. The summed E-state index contributed by atoms with van der Waals surface area (Å²) < 4.78 is 19.7. The van der Waals surface area contributed by atoms with Crippen LogP contribution in [0.3, 0.4) is 0 Å². The van der Waals surface area contributed by atoms with E-state index in [-0.39, 0.29) is 18.5 Å². The third kappa shape index (κ3) is 7.04. The molecule has 0 amide bonds. The van der Waals surface area contributed by atoms with Crippen molar-refractivity contribution in [2.75, 3.05) is 58.3 Å². The first kappa shape index (κ1) is 22.6. The summed E-state index contributed by atoms with van der Waals surface area (Å²) in [6.45, 7) is 8.62. The van der Waals surface area contributed by atoms with Gasteiger partial charge in [0.25, 0.3) is 0 Å². The molecule has 0 spiro atoms. The first-order valence-corrected chi connectivity index (χ1v) is 10.0. The topological polar surface area (TPSA) is 56.2 Å². The molecule has 158 valence electrons. The van der Waals surface area contributed by atoms with Gasteiger partial charge in [-0.1, -0.05) is 20.3 Å². The van der Waals surface area contributed by atoms with Crippen LogP contribution in [0.15, 0.2) is 18.2 Å². The standard InChI is InChI=1S/C21H34FN3O3/c1-5-16(2)11-24(4)20-7-6-18(22)10-17(20)12-25-8-9-28-19(14-25)13-23(3)15-21(26)27/h6-7,10,16,19H,5,8-9,11-15H2,1-4H3,(H,26,27). The summed E-state index contributed by atoms with van der Waals surface area (Å²) in [5.41, 5.74) is 2.04. The van der Waals surface area contributed by atoms with Gasteiger partial charge in [0.15, 0.2) is 0 Å². The maximum atomic E-state index is 13.9. The van der Waals surface area contributed by atoms with Crippen LogP contribution in [0.1, 0.15) is 25.8 Å². The fraction of sp³-hybridized carbons (Fsp3) is 0.667. The van der Waals surface area contributed by atoms with Crippen molar-refractivity contribution in [3.8, 4) is 0 Å². The van der Waals surface area contributed by atoms with Gasteiger partial charge in [0, 0.05) is 45.5 Å². The van der Waals surface area contributed by atoms with E-state index >= 15 is 0 Å². The Morgan fingerprint density at radius 1 is 1.43 bits per heavy atom. The van der Waals surface area contributed by atoms with E-state index in [2.05, 4.69) is 30.7 Å². The third-order valence-corrected chi connectivity index (χ3v) is 5.27. The van der Waals surface area contributed by atoms with E-state index in [1.807, 2.05) is 6.07 Å². The number of carboxylic acids is 1. The second-order valence-corrected chi connectivity index (χ2v) is 7.99. The fourth-order valence-electron chi connectivity index (χ4n) is 3.67. The molecule has 2 atom stereocenters. The van der Waals surface area contributed by atoms with E-state index in [0.29, 0.717) is 32.2 Å². The molecule has 0 saturated carbocycles. The van der Waals surface area contributed by atoms with Crippen LogP contribution in [0.4, 0.5) is 10.1 Å². The molecule has 2 unspecified atom stereocenters. The number of hydrogen-bond acceptors (Lipinski definition) is 5. The maximum Gasteiger partial charge on any atom is 0.317 e. The van der Waals surface area contributed by atoms with Crippen LogP contribution in [-0.2, 0) is 16.1 Å². The Balaban J connectivity index is 2.03. The molecule has 0 aromatic heterocycles. The Hall–Kier alpha value is -1.70. The molecule has 1 saturated heterocycles. The molecular formula is C21H34FN3O3. The van der Waals surface area contributed by atoms with Gasteiger partial charge in [0.05, 0.1) is 19.3 Å². The van der Waals surface area contributed by atoms with Gasteiger partial charge in [0.2, 0.25) is 0 Å². The molecule has 1 N–H and O–H groups in total. The number of likely N-dealkylation sites (N-methyl/N-ethyl adjacent to an activating group) is 1.